The van der Waals surface area contributed by atoms with Crippen LogP contribution in [0.4, 0.5) is 4.79 Å². The molecular weight excluding hydrogens is 210 g/mol. The van der Waals surface area contributed by atoms with E-state index in [1.54, 1.807) is 6.07 Å². The molecule has 0 aliphatic carbocycles. The van der Waals surface area contributed by atoms with E-state index in [0.29, 0.717) is 0 Å². The summed E-state index contributed by atoms with van der Waals surface area (Å²) in [6.07, 6.45) is -0.975. The van der Waals surface area contributed by atoms with Gasteiger partial charge in [0.2, 0.25) is 10.0 Å². The van der Waals surface area contributed by atoms with Gasteiger partial charge in [0.15, 0.2) is 5.25 Å². The van der Waals surface area contributed by atoms with E-state index < -0.39 is 21.4 Å². The van der Waals surface area contributed by atoms with Gasteiger partial charge in [-0.05, 0) is 6.92 Å². The SMILES string of the molecule is CC(C#N)S(=O)(=O)NCCOC(N)=O. The molecule has 14 heavy (non-hydrogen) atoms. The molecule has 7 nitrogen and oxygen atoms in total. The number of nitrogens with zero attached hydrogens (tertiary/aromatic N) is 1. The second-order valence-electron chi connectivity index (χ2n) is 2.38. The molecule has 0 aliphatic rings. The van der Waals surface area contributed by atoms with Crippen LogP contribution in [0.25, 0.3) is 0 Å². The lowest BCUT2D eigenvalue weighted by atomic mass is 10.5. The predicted molar refractivity (Wildman–Crippen MR) is 47.5 cm³/mol. The lowest BCUT2D eigenvalue weighted by molar-refractivity contribution is 0.159. The van der Waals surface area contributed by atoms with E-state index in [1.807, 2.05) is 0 Å². The van der Waals surface area contributed by atoms with Crippen LogP contribution >= 0.6 is 0 Å². The Kier molecular flexibility index (Phi) is 4.90. The summed E-state index contributed by atoms with van der Waals surface area (Å²) in [5.41, 5.74) is 4.64. The van der Waals surface area contributed by atoms with Crippen molar-refractivity contribution >= 4 is 16.1 Å². The first-order chi connectivity index (χ1) is 6.40. The zero-order valence-corrected chi connectivity index (χ0v) is 8.37. The molecule has 0 fully saturated rings. The number of carbonyl (C=O) groups is 1. The standard InChI is InChI=1S/C6H11N3O4S/c1-5(4-7)14(11,12)9-2-3-13-6(8)10/h5,9H,2-3H2,1H3,(H2,8,10). The molecule has 0 saturated carbocycles. The third-order valence-corrected chi connectivity index (χ3v) is 2.94. The van der Waals surface area contributed by atoms with E-state index in [-0.39, 0.29) is 13.2 Å². The molecule has 0 rings (SSSR count). The van der Waals surface area contributed by atoms with Crippen molar-refractivity contribution in [3.05, 3.63) is 0 Å². The number of ether oxygens (including phenoxy) is 1. The van der Waals surface area contributed by atoms with E-state index in [9.17, 15) is 13.2 Å². The minimum Gasteiger partial charge on any atom is -0.448 e. The Hall–Kier alpha value is -1.33. The number of rotatable bonds is 5. The molecule has 1 atom stereocenters. The second kappa shape index (κ2) is 5.41. The van der Waals surface area contributed by atoms with Crippen LogP contribution in [0.2, 0.25) is 0 Å². The predicted octanol–water partition coefficient (Wildman–Crippen LogP) is -1.09. The van der Waals surface area contributed by atoms with E-state index in [2.05, 4.69) is 15.2 Å². The fourth-order valence-corrected chi connectivity index (χ4v) is 1.29. The highest BCUT2D eigenvalue weighted by atomic mass is 32.2. The number of primary amides is 1. The van der Waals surface area contributed by atoms with Crippen LogP contribution in [0.1, 0.15) is 6.92 Å². The minimum atomic E-state index is -3.65. The third-order valence-electron chi connectivity index (χ3n) is 1.30. The maximum absolute atomic E-state index is 11.1. The highest BCUT2D eigenvalue weighted by Crippen LogP contribution is 1.94. The Morgan fingerprint density at radius 3 is 2.71 bits per heavy atom. The Labute approximate surface area is 81.9 Å². The van der Waals surface area contributed by atoms with Crippen LogP contribution in [0.15, 0.2) is 0 Å². The molecule has 0 aromatic rings. The molecule has 3 N–H and O–H groups in total. The van der Waals surface area contributed by atoms with Gasteiger partial charge in [-0.25, -0.2) is 17.9 Å². The van der Waals surface area contributed by atoms with Crippen molar-refractivity contribution in [1.82, 2.24) is 4.72 Å². The summed E-state index contributed by atoms with van der Waals surface area (Å²) in [5, 5.41) is 7.20. The number of carbonyl (C=O) groups excluding carboxylic acids is 1. The largest absolute Gasteiger partial charge is 0.448 e. The van der Waals surface area contributed by atoms with Gasteiger partial charge in [-0.3, -0.25) is 0 Å². The van der Waals surface area contributed by atoms with Gasteiger partial charge < -0.3 is 10.5 Å². The van der Waals surface area contributed by atoms with E-state index in [1.165, 1.54) is 6.92 Å². The monoisotopic (exact) mass is 221 g/mol. The minimum absolute atomic E-state index is 0.0999. The molecule has 0 saturated heterocycles. The van der Waals surface area contributed by atoms with Gasteiger partial charge >= 0.3 is 6.09 Å². The molecule has 0 spiro atoms. The van der Waals surface area contributed by atoms with Crippen molar-refractivity contribution in [3.8, 4) is 6.07 Å². The molecule has 0 heterocycles. The van der Waals surface area contributed by atoms with Crippen molar-refractivity contribution < 1.29 is 17.9 Å². The van der Waals surface area contributed by atoms with E-state index in [0.717, 1.165) is 0 Å². The number of nitrogens with two attached hydrogens (primary N) is 1. The zero-order chi connectivity index (χ0) is 11.2. The molecular formula is C6H11N3O4S. The third kappa shape index (κ3) is 4.64. The summed E-state index contributed by atoms with van der Waals surface area (Å²) >= 11 is 0. The van der Waals surface area contributed by atoms with Crippen molar-refractivity contribution in [2.75, 3.05) is 13.2 Å². The Balaban J connectivity index is 3.91. The summed E-state index contributed by atoms with van der Waals surface area (Å²) in [6.45, 7) is 0.987. The second-order valence-corrected chi connectivity index (χ2v) is 4.46. The van der Waals surface area contributed by atoms with Crippen LogP contribution in [0, 0.1) is 11.3 Å². The van der Waals surface area contributed by atoms with Crippen molar-refractivity contribution in [1.29, 1.82) is 5.26 Å². The Morgan fingerprint density at radius 2 is 2.29 bits per heavy atom. The summed E-state index contributed by atoms with van der Waals surface area (Å²) in [6, 6.07) is 1.57. The molecule has 80 valence electrons. The van der Waals surface area contributed by atoms with Crippen LogP contribution in [0.5, 0.6) is 0 Å². The number of nitrogens with one attached hydrogen (secondary N) is 1. The van der Waals surface area contributed by atoms with Gasteiger partial charge in [0.1, 0.15) is 6.61 Å². The topological polar surface area (TPSA) is 122 Å². The first-order valence-corrected chi connectivity index (χ1v) is 5.25. The number of amides is 1. The molecule has 1 unspecified atom stereocenters. The fraction of sp³-hybridized carbons (Fsp3) is 0.667. The summed E-state index contributed by atoms with van der Waals surface area (Å²) in [4.78, 5) is 10.1. The molecule has 1 amide bonds. The number of hydrogen-bond acceptors (Lipinski definition) is 5. The Morgan fingerprint density at radius 1 is 1.71 bits per heavy atom. The summed E-state index contributed by atoms with van der Waals surface area (Å²) in [7, 11) is -3.65. The molecule has 0 aliphatic heterocycles. The molecule has 8 heteroatoms. The van der Waals surface area contributed by atoms with Crippen LogP contribution in [-0.4, -0.2) is 32.9 Å². The van der Waals surface area contributed by atoms with Crippen LogP contribution in [0.3, 0.4) is 0 Å². The summed E-state index contributed by atoms with van der Waals surface area (Å²) in [5.74, 6) is 0. The van der Waals surface area contributed by atoms with Crippen molar-refractivity contribution in [2.24, 2.45) is 5.73 Å². The number of sulfonamides is 1. The van der Waals surface area contributed by atoms with E-state index >= 15 is 0 Å². The van der Waals surface area contributed by atoms with Crippen LogP contribution < -0.4 is 10.5 Å². The van der Waals surface area contributed by atoms with Gasteiger partial charge in [-0.15, -0.1) is 0 Å². The van der Waals surface area contributed by atoms with Gasteiger partial charge in [0, 0.05) is 6.54 Å². The van der Waals surface area contributed by atoms with E-state index in [4.69, 9.17) is 5.26 Å². The highest BCUT2D eigenvalue weighted by Gasteiger charge is 2.18. The lowest BCUT2D eigenvalue weighted by Crippen LogP contribution is -2.34. The van der Waals surface area contributed by atoms with Gasteiger partial charge in [0.05, 0.1) is 6.07 Å². The fourth-order valence-electron chi connectivity index (χ4n) is 0.530. The molecule has 0 radical (unpaired) electrons. The summed E-state index contributed by atoms with van der Waals surface area (Å²) < 4.78 is 28.6. The van der Waals surface area contributed by atoms with Gasteiger partial charge in [-0.1, -0.05) is 0 Å². The number of nitriles is 1. The smallest absolute Gasteiger partial charge is 0.404 e. The molecule has 0 bridgehead atoms. The maximum Gasteiger partial charge on any atom is 0.404 e. The first-order valence-electron chi connectivity index (χ1n) is 3.70. The highest BCUT2D eigenvalue weighted by molar-refractivity contribution is 7.90. The lowest BCUT2D eigenvalue weighted by Gasteiger charge is -2.07. The first kappa shape index (κ1) is 12.7. The zero-order valence-electron chi connectivity index (χ0n) is 7.56. The van der Waals surface area contributed by atoms with Gasteiger partial charge in [0.25, 0.3) is 0 Å². The molecule has 0 aromatic heterocycles. The number of hydrogen-bond donors (Lipinski definition) is 2. The van der Waals surface area contributed by atoms with Crippen LogP contribution in [-0.2, 0) is 14.8 Å². The van der Waals surface area contributed by atoms with Crippen molar-refractivity contribution in [3.63, 3.8) is 0 Å². The average Bonchev–Trinajstić information content (AvgIpc) is 2.10. The maximum atomic E-state index is 11.1. The van der Waals surface area contributed by atoms with Crippen molar-refractivity contribution in [2.45, 2.75) is 12.2 Å². The Bertz CT molecular complexity index is 331. The average molecular weight is 221 g/mol. The normalized spacial score (nSPS) is 12.9. The molecule has 0 aromatic carbocycles. The van der Waals surface area contributed by atoms with Gasteiger partial charge in [-0.2, -0.15) is 5.26 Å². The quantitative estimate of drug-likeness (QED) is 0.571.